The minimum absolute atomic E-state index is 0.0681. The first kappa shape index (κ1) is 14.9. The molecule has 2 atom stereocenters. The van der Waals surface area contributed by atoms with Gasteiger partial charge in [-0.15, -0.1) is 11.3 Å². The van der Waals surface area contributed by atoms with Crippen LogP contribution in [0.5, 0.6) is 0 Å². The van der Waals surface area contributed by atoms with Crippen molar-refractivity contribution in [3.8, 4) is 0 Å². The fraction of sp³-hybridized carbons (Fsp3) is 0.529. The van der Waals surface area contributed by atoms with Crippen molar-refractivity contribution < 1.29 is 9.53 Å². The molecule has 1 amide bonds. The second-order valence-corrected chi connectivity index (χ2v) is 7.26. The van der Waals surface area contributed by atoms with Gasteiger partial charge in [0.2, 0.25) is 5.91 Å². The summed E-state index contributed by atoms with van der Waals surface area (Å²) in [7, 11) is 1.92. The number of aromatic nitrogens is 2. The predicted molar refractivity (Wildman–Crippen MR) is 88.2 cm³/mol. The molecule has 0 aromatic carbocycles. The molecule has 2 aromatic heterocycles. The Morgan fingerprint density at radius 1 is 1.52 bits per heavy atom. The second-order valence-electron chi connectivity index (χ2n) is 6.32. The van der Waals surface area contributed by atoms with E-state index in [1.165, 1.54) is 10.4 Å². The van der Waals surface area contributed by atoms with Gasteiger partial charge in [-0.2, -0.15) is 5.10 Å². The van der Waals surface area contributed by atoms with E-state index in [-0.39, 0.29) is 18.1 Å². The highest BCUT2D eigenvalue weighted by Crippen LogP contribution is 2.37. The maximum atomic E-state index is 12.9. The van der Waals surface area contributed by atoms with Gasteiger partial charge in [0, 0.05) is 30.2 Å². The van der Waals surface area contributed by atoms with E-state index in [1.807, 2.05) is 24.3 Å². The highest BCUT2D eigenvalue weighted by molar-refractivity contribution is 7.10. The first-order valence-corrected chi connectivity index (χ1v) is 9.06. The summed E-state index contributed by atoms with van der Waals surface area (Å²) in [6, 6.07) is 2.33. The molecule has 1 saturated heterocycles. The number of rotatable bonds is 3. The van der Waals surface area contributed by atoms with Crippen LogP contribution in [-0.2, 0) is 23.0 Å². The monoisotopic (exact) mass is 331 g/mol. The summed E-state index contributed by atoms with van der Waals surface area (Å²) in [5.74, 6) is 0.197. The third kappa shape index (κ3) is 2.81. The van der Waals surface area contributed by atoms with Crippen molar-refractivity contribution in [2.45, 2.75) is 37.8 Å². The van der Waals surface area contributed by atoms with E-state index in [0.29, 0.717) is 13.0 Å². The molecule has 0 radical (unpaired) electrons. The second kappa shape index (κ2) is 6.09. The number of nitrogens with zero attached hydrogens (tertiary/aromatic N) is 3. The van der Waals surface area contributed by atoms with Crippen LogP contribution in [-0.4, -0.2) is 33.7 Å². The summed E-state index contributed by atoms with van der Waals surface area (Å²) >= 11 is 1.71. The topological polar surface area (TPSA) is 47.4 Å². The third-order valence-electron chi connectivity index (χ3n) is 4.81. The molecule has 6 heteroatoms. The Labute approximate surface area is 139 Å². The van der Waals surface area contributed by atoms with Gasteiger partial charge >= 0.3 is 0 Å². The Morgan fingerprint density at radius 3 is 3.26 bits per heavy atom. The normalized spacial score (nSPS) is 24.0. The van der Waals surface area contributed by atoms with Crippen molar-refractivity contribution in [1.29, 1.82) is 0 Å². The van der Waals surface area contributed by atoms with E-state index in [0.717, 1.165) is 31.4 Å². The standard InChI is InChI=1S/C17H21N3O2S/c1-19-11-13(10-18-19)14-3-2-6-20(14)16(21)9-15-17-12(4-7-22-15)5-8-23-17/h5,8,10-11,14-15H,2-4,6-7,9H2,1H3/t14-,15+/m0/s1. The van der Waals surface area contributed by atoms with Gasteiger partial charge in [-0.05, 0) is 36.3 Å². The van der Waals surface area contributed by atoms with Crippen LogP contribution in [0, 0.1) is 0 Å². The SMILES string of the molecule is Cn1cc([C@@H]2CCCN2C(=O)C[C@H]2OCCc3ccsc32)cn1. The number of fused-ring (bicyclic) bond motifs is 1. The van der Waals surface area contributed by atoms with Crippen LogP contribution in [0.2, 0.25) is 0 Å². The zero-order valence-electron chi connectivity index (χ0n) is 13.3. The van der Waals surface area contributed by atoms with Gasteiger partial charge < -0.3 is 9.64 Å². The van der Waals surface area contributed by atoms with Gasteiger partial charge in [0.25, 0.3) is 0 Å². The summed E-state index contributed by atoms with van der Waals surface area (Å²) in [4.78, 5) is 16.1. The molecule has 0 bridgehead atoms. The largest absolute Gasteiger partial charge is 0.372 e. The minimum Gasteiger partial charge on any atom is -0.372 e. The van der Waals surface area contributed by atoms with Crippen LogP contribution < -0.4 is 0 Å². The Balaban J connectivity index is 1.49. The number of carbonyl (C=O) groups is 1. The van der Waals surface area contributed by atoms with Crippen LogP contribution >= 0.6 is 11.3 Å². The molecule has 0 saturated carbocycles. The molecule has 122 valence electrons. The molecule has 2 aliphatic rings. The maximum absolute atomic E-state index is 12.9. The molecule has 0 spiro atoms. The van der Waals surface area contributed by atoms with Crippen LogP contribution in [0.3, 0.4) is 0 Å². The van der Waals surface area contributed by atoms with Crippen LogP contribution in [0.1, 0.15) is 47.4 Å². The van der Waals surface area contributed by atoms with Gasteiger partial charge in [-0.25, -0.2) is 0 Å². The van der Waals surface area contributed by atoms with E-state index in [1.54, 1.807) is 16.0 Å². The van der Waals surface area contributed by atoms with Crippen LogP contribution in [0.15, 0.2) is 23.8 Å². The number of thiophene rings is 1. The fourth-order valence-electron chi connectivity index (χ4n) is 3.67. The zero-order valence-corrected chi connectivity index (χ0v) is 14.1. The van der Waals surface area contributed by atoms with Crippen molar-refractivity contribution in [3.63, 3.8) is 0 Å². The lowest BCUT2D eigenvalue weighted by Gasteiger charge is -2.28. The highest BCUT2D eigenvalue weighted by atomic mass is 32.1. The average molecular weight is 331 g/mol. The van der Waals surface area contributed by atoms with Crippen molar-refractivity contribution in [2.24, 2.45) is 7.05 Å². The number of carbonyl (C=O) groups excluding carboxylic acids is 1. The third-order valence-corrected chi connectivity index (χ3v) is 5.86. The van der Waals surface area contributed by atoms with Crippen LogP contribution in [0.4, 0.5) is 0 Å². The Morgan fingerprint density at radius 2 is 2.43 bits per heavy atom. The number of hydrogen-bond donors (Lipinski definition) is 0. The van der Waals surface area contributed by atoms with Gasteiger partial charge in [0.05, 0.1) is 25.3 Å². The first-order chi connectivity index (χ1) is 11.2. The quantitative estimate of drug-likeness (QED) is 0.869. The fourth-order valence-corrected chi connectivity index (χ4v) is 4.68. The summed E-state index contributed by atoms with van der Waals surface area (Å²) in [6.07, 6.45) is 7.32. The zero-order chi connectivity index (χ0) is 15.8. The summed E-state index contributed by atoms with van der Waals surface area (Å²) in [6.45, 7) is 1.55. The van der Waals surface area contributed by atoms with Gasteiger partial charge in [-0.3, -0.25) is 9.48 Å². The van der Waals surface area contributed by atoms with Crippen molar-refractivity contribution in [2.75, 3.05) is 13.2 Å². The number of amides is 1. The van der Waals surface area contributed by atoms with Crippen molar-refractivity contribution in [1.82, 2.24) is 14.7 Å². The lowest BCUT2D eigenvalue weighted by atomic mass is 10.0. The summed E-state index contributed by atoms with van der Waals surface area (Å²) in [5.41, 5.74) is 2.49. The van der Waals surface area contributed by atoms with Gasteiger partial charge in [0.15, 0.2) is 0 Å². The number of ether oxygens (including phenoxy) is 1. The van der Waals surface area contributed by atoms with E-state index in [4.69, 9.17) is 4.74 Å². The molecule has 0 aliphatic carbocycles. The molecule has 0 N–H and O–H groups in total. The van der Waals surface area contributed by atoms with E-state index < -0.39 is 0 Å². The summed E-state index contributed by atoms with van der Waals surface area (Å²) < 4.78 is 7.69. The van der Waals surface area contributed by atoms with Crippen molar-refractivity contribution >= 4 is 17.2 Å². The highest BCUT2D eigenvalue weighted by Gasteiger charge is 2.33. The Hall–Kier alpha value is -1.66. The van der Waals surface area contributed by atoms with E-state index in [2.05, 4.69) is 16.5 Å². The molecule has 2 aliphatic heterocycles. The van der Waals surface area contributed by atoms with E-state index >= 15 is 0 Å². The lowest BCUT2D eigenvalue weighted by molar-refractivity contribution is -0.135. The molecule has 5 nitrogen and oxygen atoms in total. The molecular formula is C17H21N3O2S. The molecule has 1 fully saturated rings. The summed E-state index contributed by atoms with van der Waals surface area (Å²) in [5, 5.41) is 6.35. The Bertz CT molecular complexity index is 708. The molecule has 23 heavy (non-hydrogen) atoms. The molecule has 4 rings (SSSR count). The number of aryl methyl sites for hydroxylation is 1. The maximum Gasteiger partial charge on any atom is 0.226 e. The van der Waals surface area contributed by atoms with Gasteiger partial charge in [-0.1, -0.05) is 0 Å². The average Bonchev–Trinajstić information content (AvgIpc) is 3.26. The van der Waals surface area contributed by atoms with Crippen LogP contribution in [0.25, 0.3) is 0 Å². The van der Waals surface area contributed by atoms with E-state index in [9.17, 15) is 4.79 Å². The number of hydrogen-bond acceptors (Lipinski definition) is 4. The predicted octanol–water partition coefficient (Wildman–Crippen LogP) is 2.85. The molecular weight excluding hydrogens is 310 g/mol. The molecule has 2 aromatic rings. The lowest BCUT2D eigenvalue weighted by Crippen LogP contribution is -2.32. The smallest absolute Gasteiger partial charge is 0.226 e. The molecule has 4 heterocycles. The first-order valence-electron chi connectivity index (χ1n) is 8.18. The number of likely N-dealkylation sites (tertiary alicyclic amines) is 1. The molecule has 0 unspecified atom stereocenters. The van der Waals surface area contributed by atoms with Crippen molar-refractivity contribution in [3.05, 3.63) is 39.8 Å². The Kier molecular flexibility index (Phi) is 3.95. The van der Waals surface area contributed by atoms with Gasteiger partial charge in [0.1, 0.15) is 6.10 Å². The minimum atomic E-state index is -0.0681.